The molecular weight excluding hydrogens is 332 g/mol. The Hall–Kier alpha value is -2.89. The van der Waals surface area contributed by atoms with Gasteiger partial charge in [0.25, 0.3) is 11.5 Å². The van der Waals surface area contributed by atoms with Gasteiger partial charge < -0.3 is 14.6 Å². The summed E-state index contributed by atoms with van der Waals surface area (Å²) in [7, 11) is 0. The number of hydrogen-bond donors (Lipinski definition) is 1. The van der Waals surface area contributed by atoms with Gasteiger partial charge in [0.05, 0.1) is 0 Å². The van der Waals surface area contributed by atoms with Gasteiger partial charge in [-0.3, -0.25) is 9.59 Å². The number of esters is 1. The number of para-hydroxylation sites is 1. The van der Waals surface area contributed by atoms with Crippen LogP contribution in [0.25, 0.3) is 0 Å². The van der Waals surface area contributed by atoms with E-state index >= 15 is 0 Å². The number of nitrogens with one attached hydrogen (secondary N) is 1. The smallest absolute Gasteiger partial charge is 0.344 e. The maximum atomic E-state index is 12.8. The second-order valence-corrected chi connectivity index (χ2v) is 6.38. The van der Waals surface area contributed by atoms with Gasteiger partial charge in [-0.25, -0.2) is 4.79 Å². The molecule has 1 aliphatic carbocycles. The van der Waals surface area contributed by atoms with Crippen LogP contribution in [0.5, 0.6) is 0 Å². The molecule has 1 heterocycles. The predicted molar refractivity (Wildman–Crippen MR) is 98.1 cm³/mol. The first kappa shape index (κ1) is 17.9. The molecule has 1 aliphatic rings. The Morgan fingerprint density at radius 3 is 2.46 bits per heavy atom. The summed E-state index contributed by atoms with van der Waals surface area (Å²) in [5, 5.41) is 0. The molecule has 0 saturated heterocycles. The highest BCUT2D eigenvalue weighted by atomic mass is 16.5. The molecule has 3 rings (SSSR count). The molecule has 6 nitrogen and oxygen atoms in total. The normalized spacial score (nSPS) is 14.6. The molecule has 0 aliphatic heterocycles. The second kappa shape index (κ2) is 8.47. The van der Waals surface area contributed by atoms with Crippen molar-refractivity contribution in [3.05, 3.63) is 64.6 Å². The molecule has 0 atom stereocenters. The molecule has 1 aromatic heterocycles. The minimum absolute atomic E-state index is 0.107. The molecule has 0 unspecified atom stereocenters. The first-order valence-corrected chi connectivity index (χ1v) is 8.89. The summed E-state index contributed by atoms with van der Waals surface area (Å²) < 4.78 is 5.11. The number of pyridine rings is 1. The van der Waals surface area contributed by atoms with Crippen LogP contribution in [0.1, 0.15) is 42.5 Å². The summed E-state index contributed by atoms with van der Waals surface area (Å²) in [5.74, 6) is -1.07. The van der Waals surface area contributed by atoms with Crippen LogP contribution in [0.15, 0.2) is 53.5 Å². The van der Waals surface area contributed by atoms with Crippen LogP contribution in [-0.4, -0.2) is 29.5 Å². The Kier molecular flexibility index (Phi) is 5.84. The Bertz CT molecular complexity index is 810. The lowest BCUT2D eigenvalue weighted by atomic mass is 9.93. The molecule has 6 heteroatoms. The van der Waals surface area contributed by atoms with Crippen LogP contribution >= 0.6 is 0 Å². The van der Waals surface area contributed by atoms with Crippen LogP contribution in [0.4, 0.5) is 5.69 Å². The van der Waals surface area contributed by atoms with Gasteiger partial charge in [-0.2, -0.15) is 0 Å². The van der Waals surface area contributed by atoms with E-state index in [1.54, 1.807) is 4.90 Å². The van der Waals surface area contributed by atoms with Crippen molar-refractivity contribution in [2.45, 2.75) is 38.1 Å². The highest BCUT2D eigenvalue weighted by molar-refractivity contribution is 5.97. The third kappa shape index (κ3) is 4.20. The van der Waals surface area contributed by atoms with Gasteiger partial charge in [0, 0.05) is 17.9 Å². The number of carbonyl (C=O) groups excluding carboxylic acids is 2. The van der Waals surface area contributed by atoms with E-state index in [2.05, 4.69) is 4.98 Å². The lowest BCUT2D eigenvalue weighted by Crippen LogP contribution is -2.44. The number of rotatable bonds is 5. The average molecular weight is 354 g/mol. The first-order valence-electron chi connectivity index (χ1n) is 8.89. The van der Waals surface area contributed by atoms with Gasteiger partial charge in [0.1, 0.15) is 5.56 Å². The van der Waals surface area contributed by atoms with Gasteiger partial charge in [-0.1, -0.05) is 37.5 Å². The van der Waals surface area contributed by atoms with E-state index < -0.39 is 18.1 Å². The molecular formula is C20H22N2O4. The monoisotopic (exact) mass is 354 g/mol. The van der Waals surface area contributed by atoms with Gasteiger partial charge in [-0.05, 0) is 37.1 Å². The van der Waals surface area contributed by atoms with Gasteiger partial charge in [-0.15, -0.1) is 0 Å². The molecule has 1 amide bonds. The van der Waals surface area contributed by atoms with Crippen LogP contribution in [0.2, 0.25) is 0 Å². The lowest BCUT2D eigenvalue weighted by molar-refractivity contribution is -0.122. The molecule has 0 spiro atoms. The van der Waals surface area contributed by atoms with E-state index in [0.717, 1.165) is 31.4 Å². The number of benzene rings is 1. The zero-order valence-corrected chi connectivity index (χ0v) is 14.5. The highest BCUT2D eigenvalue weighted by Crippen LogP contribution is 2.27. The van der Waals surface area contributed by atoms with Crippen molar-refractivity contribution in [3.8, 4) is 0 Å². The maximum absolute atomic E-state index is 12.8. The van der Waals surface area contributed by atoms with Crippen molar-refractivity contribution in [3.63, 3.8) is 0 Å². The van der Waals surface area contributed by atoms with E-state index in [9.17, 15) is 14.4 Å². The van der Waals surface area contributed by atoms with Crippen molar-refractivity contribution in [1.82, 2.24) is 4.98 Å². The Balaban J connectivity index is 1.72. The van der Waals surface area contributed by atoms with Gasteiger partial charge >= 0.3 is 5.97 Å². The topological polar surface area (TPSA) is 79.5 Å². The minimum atomic E-state index is -0.795. The number of carbonyl (C=O) groups is 2. The predicted octanol–water partition coefficient (Wildman–Crippen LogP) is 2.90. The third-order valence-electron chi connectivity index (χ3n) is 4.61. The fourth-order valence-electron chi connectivity index (χ4n) is 3.34. The molecule has 1 fully saturated rings. The Labute approximate surface area is 151 Å². The highest BCUT2D eigenvalue weighted by Gasteiger charge is 2.27. The molecule has 1 N–H and O–H groups in total. The Morgan fingerprint density at radius 2 is 1.77 bits per heavy atom. The number of anilines is 1. The fourth-order valence-corrected chi connectivity index (χ4v) is 3.34. The second-order valence-electron chi connectivity index (χ2n) is 6.38. The molecule has 2 aromatic rings. The van der Waals surface area contributed by atoms with Crippen LogP contribution in [-0.2, 0) is 9.53 Å². The lowest BCUT2D eigenvalue weighted by Gasteiger charge is -2.34. The van der Waals surface area contributed by atoms with E-state index in [0.29, 0.717) is 0 Å². The maximum Gasteiger partial charge on any atom is 0.344 e. The van der Waals surface area contributed by atoms with Crippen LogP contribution in [0.3, 0.4) is 0 Å². The van der Waals surface area contributed by atoms with Crippen molar-refractivity contribution >= 4 is 17.6 Å². The number of aromatic amines is 1. The van der Waals surface area contributed by atoms with Crippen molar-refractivity contribution in [2.24, 2.45) is 0 Å². The van der Waals surface area contributed by atoms with Crippen LogP contribution in [0, 0.1) is 0 Å². The van der Waals surface area contributed by atoms with Gasteiger partial charge in [0.2, 0.25) is 0 Å². The number of nitrogens with zero attached hydrogens (tertiary/aromatic N) is 1. The molecule has 0 radical (unpaired) electrons. The number of hydrogen-bond acceptors (Lipinski definition) is 4. The SMILES string of the molecule is O=C(OCC(=O)N(c1ccccc1)C1CCCCC1)c1ccc[nH]c1=O. The molecule has 136 valence electrons. The standard InChI is InChI=1S/C20H22N2O4/c23-18(14-26-20(25)17-12-7-13-21-19(17)24)22(15-8-3-1-4-9-15)16-10-5-2-6-11-16/h1,3-4,7-9,12-13,16H,2,5-6,10-11,14H2,(H,21,24). The number of ether oxygens (including phenoxy) is 1. The summed E-state index contributed by atoms with van der Waals surface area (Å²) in [5.41, 5.74) is 0.166. The molecule has 1 saturated carbocycles. The van der Waals surface area contributed by atoms with Crippen molar-refractivity contribution in [2.75, 3.05) is 11.5 Å². The summed E-state index contributed by atoms with van der Waals surface area (Å²) in [6, 6.07) is 12.5. The van der Waals surface area contributed by atoms with E-state index in [1.165, 1.54) is 24.8 Å². The van der Waals surface area contributed by atoms with Crippen molar-refractivity contribution in [1.29, 1.82) is 0 Å². The van der Waals surface area contributed by atoms with Crippen molar-refractivity contribution < 1.29 is 14.3 Å². The molecule has 1 aromatic carbocycles. The molecule has 0 bridgehead atoms. The zero-order valence-electron chi connectivity index (χ0n) is 14.5. The van der Waals surface area contributed by atoms with E-state index in [1.807, 2.05) is 30.3 Å². The molecule has 26 heavy (non-hydrogen) atoms. The zero-order chi connectivity index (χ0) is 18.4. The average Bonchev–Trinajstić information content (AvgIpc) is 2.68. The fraction of sp³-hybridized carbons (Fsp3) is 0.350. The van der Waals surface area contributed by atoms with E-state index in [4.69, 9.17) is 4.74 Å². The van der Waals surface area contributed by atoms with Crippen LogP contribution < -0.4 is 10.5 Å². The summed E-state index contributed by atoms with van der Waals surface area (Å²) in [6.07, 6.45) is 6.66. The minimum Gasteiger partial charge on any atom is -0.452 e. The Morgan fingerprint density at radius 1 is 1.04 bits per heavy atom. The largest absolute Gasteiger partial charge is 0.452 e. The number of aromatic nitrogens is 1. The summed E-state index contributed by atoms with van der Waals surface area (Å²) in [6.45, 7) is -0.390. The first-order chi connectivity index (χ1) is 12.7. The van der Waals surface area contributed by atoms with E-state index in [-0.39, 0.29) is 17.5 Å². The number of amides is 1. The summed E-state index contributed by atoms with van der Waals surface area (Å²) in [4.78, 5) is 40.7. The number of H-pyrrole nitrogens is 1. The summed E-state index contributed by atoms with van der Waals surface area (Å²) >= 11 is 0. The third-order valence-corrected chi connectivity index (χ3v) is 4.61. The van der Waals surface area contributed by atoms with Gasteiger partial charge in [0.15, 0.2) is 6.61 Å². The quantitative estimate of drug-likeness (QED) is 0.838.